The second-order valence-corrected chi connectivity index (χ2v) is 4.19. The fourth-order valence-electron chi connectivity index (χ4n) is 1.91. The number of carbonyl (C=O) groups is 2. The van der Waals surface area contributed by atoms with Gasteiger partial charge in [0.1, 0.15) is 0 Å². The molecule has 5 nitrogen and oxygen atoms in total. The molecular formula is C11H21N3O2. The number of hydrogen-bond acceptors (Lipinski definition) is 3. The third-order valence-electron chi connectivity index (χ3n) is 2.96. The molecule has 1 heterocycles. The van der Waals surface area contributed by atoms with Crippen LogP contribution in [0.25, 0.3) is 0 Å². The molecule has 16 heavy (non-hydrogen) atoms. The molecule has 0 bridgehead atoms. The van der Waals surface area contributed by atoms with Gasteiger partial charge in [0.05, 0.1) is 12.6 Å². The van der Waals surface area contributed by atoms with Crippen molar-refractivity contribution in [3.8, 4) is 0 Å². The van der Waals surface area contributed by atoms with E-state index in [1.54, 1.807) is 0 Å². The van der Waals surface area contributed by atoms with Gasteiger partial charge in [-0.15, -0.1) is 0 Å². The Morgan fingerprint density at radius 2 is 1.94 bits per heavy atom. The van der Waals surface area contributed by atoms with Crippen molar-refractivity contribution >= 4 is 11.8 Å². The van der Waals surface area contributed by atoms with Crippen LogP contribution in [0.2, 0.25) is 0 Å². The molecular weight excluding hydrogens is 206 g/mol. The van der Waals surface area contributed by atoms with Crippen LogP contribution >= 0.6 is 0 Å². The summed E-state index contributed by atoms with van der Waals surface area (Å²) in [6, 6.07) is -0.395. The van der Waals surface area contributed by atoms with Gasteiger partial charge in [0.15, 0.2) is 0 Å². The van der Waals surface area contributed by atoms with E-state index in [-0.39, 0.29) is 12.5 Å². The second kappa shape index (κ2) is 6.48. The average Bonchev–Trinajstić information content (AvgIpc) is 2.30. The Hall–Kier alpha value is -1.10. The zero-order valence-electron chi connectivity index (χ0n) is 9.87. The number of piperidine rings is 1. The van der Waals surface area contributed by atoms with E-state index in [1.165, 1.54) is 6.42 Å². The first-order valence-electron chi connectivity index (χ1n) is 5.95. The Morgan fingerprint density at radius 1 is 1.31 bits per heavy atom. The van der Waals surface area contributed by atoms with E-state index in [9.17, 15) is 9.59 Å². The molecule has 1 unspecified atom stereocenters. The highest BCUT2D eigenvalue weighted by molar-refractivity contribution is 5.82. The van der Waals surface area contributed by atoms with Crippen molar-refractivity contribution in [1.82, 2.24) is 10.2 Å². The van der Waals surface area contributed by atoms with Crippen LogP contribution in [0, 0.1) is 0 Å². The minimum absolute atomic E-state index is 0.0689. The lowest BCUT2D eigenvalue weighted by molar-refractivity contribution is -0.131. The van der Waals surface area contributed by atoms with Crippen molar-refractivity contribution in [3.63, 3.8) is 0 Å². The van der Waals surface area contributed by atoms with Crippen LogP contribution in [-0.4, -0.2) is 42.4 Å². The van der Waals surface area contributed by atoms with Crippen LogP contribution in [0.3, 0.4) is 0 Å². The van der Waals surface area contributed by atoms with Crippen molar-refractivity contribution in [2.24, 2.45) is 5.73 Å². The summed E-state index contributed by atoms with van der Waals surface area (Å²) in [5, 5.41) is 2.90. The smallest absolute Gasteiger partial charge is 0.236 e. The number of amides is 2. The van der Waals surface area contributed by atoms with E-state index >= 15 is 0 Å². The third kappa shape index (κ3) is 3.81. The number of nitrogens with two attached hydrogens (primary N) is 1. The van der Waals surface area contributed by atoms with Crippen LogP contribution in [0.5, 0.6) is 0 Å². The van der Waals surface area contributed by atoms with Gasteiger partial charge in [-0.3, -0.25) is 14.9 Å². The lowest BCUT2D eigenvalue weighted by Crippen LogP contribution is -2.47. The third-order valence-corrected chi connectivity index (χ3v) is 2.96. The predicted molar refractivity (Wildman–Crippen MR) is 61.7 cm³/mol. The van der Waals surface area contributed by atoms with Crippen LogP contribution in [0.1, 0.15) is 32.6 Å². The highest BCUT2D eigenvalue weighted by Crippen LogP contribution is 2.08. The maximum absolute atomic E-state index is 11.8. The highest BCUT2D eigenvalue weighted by Gasteiger charge is 2.18. The van der Waals surface area contributed by atoms with Crippen molar-refractivity contribution in [3.05, 3.63) is 0 Å². The molecule has 1 fully saturated rings. The number of nitrogens with one attached hydrogen (secondary N) is 1. The second-order valence-electron chi connectivity index (χ2n) is 4.19. The van der Waals surface area contributed by atoms with Gasteiger partial charge in [-0.05, 0) is 25.7 Å². The van der Waals surface area contributed by atoms with Crippen molar-refractivity contribution in [2.45, 2.75) is 38.6 Å². The molecule has 5 heteroatoms. The molecule has 3 N–H and O–H groups in total. The van der Waals surface area contributed by atoms with Crippen LogP contribution in [-0.2, 0) is 9.59 Å². The molecule has 0 aliphatic carbocycles. The van der Waals surface area contributed by atoms with Gasteiger partial charge >= 0.3 is 0 Å². The molecule has 1 aliphatic rings. The Kier molecular flexibility index (Phi) is 5.25. The summed E-state index contributed by atoms with van der Waals surface area (Å²) in [7, 11) is 0. The number of likely N-dealkylation sites (tertiary alicyclic amines) is 1. The van der Waals surface area contributed by atoms with E-state index < -0.39 is 11.9 Å². The molecule has 0 aromatic heterocycles. The first kappa shape index (κ1) is 13.0. The maximum atomic E-state index is 11.8. The standard InChI is InChI=1S/C11H21N3O2/c1-2-9(11(12)16)13-8-10(15)14-6-4-3-5-7-14/h9,13H,2-8H2,1H3,(H2,12,16). The Bertz CT molecular complexity index is 250. The largest absolute Gasteiger partial charge is 0.368 e. The van der Waals surface area contributed by atoms with Gasteiger partial charge < -0.3 is 10.6 Å². The molecule has 1 rings (SSSR count). The minimum atomic E-state index is -0.395. The Labute approximate surface area is 96.4 Å². The van der Waals surface area contributed by atoms with Gasteiger partial charge in [0.25, 0.3) is 0 Å². The minimum Gasteiger partial charge on any atom is -0.368 e. The first-order chi connectivity index (χ1) is 7.65. The molecule has 0 spiro atoms. The highest BCUT2D eigenvalue weighted by atomic mass is 16.2. The van der Waals surface area contributed by atoms with Gasteiger partial charge in [-0.1, -0.05) is 6.92 Å². The molecule has 0 radical (unpaired) electrons. The normalized spacial score (nSPS) is 18.2. The number of primary amides is 1. The molecule has 1 aliphatic heterocycles. The van der Waals surface area contributed by atoms with E-state index in [0.29, 0.717) is 6.42 Å². The van der Waals surface area contributed by atoms with Crippen LogP contribution in [0.15, 0.2) is 0 Å². The van der Waals surface area contributed by atoms with E-state index in [4.69, 9.17) is 5.73 Å². The van der Waals surface area contributed by atoms with Crippen LogP contribution in [0.4, 0.5) is 0 Å². The number of carbonyl (C=O) groups excluding carboxylic acids is 2. The summed E-state index contributed by atoms with van der Waals surface area (Å²) in [4.78, 5) is 24.6. The predicted octanol–water partition coefficient (Wildman–Crippen LogP) is -0.148. The topological polar surface area (TPSA) is 75.4 Å². The monoisotopic (exact) mass is 227 g/mol. The molecule has 0 aromatic rings. The van der Waals surface area contributed by atoms with Gasteiger partial charge in [-0.2, -0.15) is 0 Å². The number of rotatable bonds is 5. The zero-order chi connectivity index (χ0) is 12.0. The average molecular weight is 227 g/mol. The van der Waals surface area contributed by atoms with Crippen molar-refractivity contribution in [2.75, 3.05) is 19.6 Å². The Balaban J connectivity index is 2.30. The molecule has 0 aromatic carbocycles. The summed E-state index contributed by atoms with van der Waals surface area (Å²) in [5.41, 5.74) is 5.19. The summed E-state index contributed by atoms with van der Waals surface area (Å²) >= 11 is 0. The van der Waals surface area contributed by atoms with Crippen molar-refractivity contribution in [1.29, 1.82) is 0 Å². The van der Waals surface area contributed by atoms with E-state index in [1.807, 2.05) is 11.8 Å². The van der Waals surface area contributed by atoms with Crippen LogP contribution < -0.4 is 11.1 Å². The lowest BCUT2D eigenvalue weighted by atomic mass is 10.1. The summed E-state index contributed by atoms with van der Waals surface area (Å²) in [5.74, 6) is -0.326. The zero-order valence-corrected chi connectivity index (χ0v) is 9.87. The van der Waals surface area contributed by atoms with Gasteiger partial charge in [0.2, 0.25) is 11.8 Å². The number of nitrogens with zero attached hydrogens (tertiary/aromatic N) is 1. The lowest BCUT2D eigenvalue weighted by Gasteiger charge is -2.27. The molecule has 2 amide bonds. The molecule has 92 valence electrons. The Morgan fingerprint density at radius 3 is 2.44 bits per heavy atom. The molecule has 1 saturated heterocycles. The summed E-state index contributed by atoms with van der Waals surface area (Å²) in [6.45, 7) is 3.76. The van der Waals surface area contributed by atoms with Crippen molar-refractivity contribution < 1.29 is 9.59 Å². The molecule has 1 atom stereocenters. The SMILES string of the molecule is CCC(NCC(=O)N1CCCCC1)C(N)=O. The van der Waals surface area contributed by atoms with Gasteiger partial charge in [-0.25, -0.2) is 0 Å². The first-order valence-corrected chi connectivity index (χ1v) is 5.95. The van der Waals surface area contributed by atoms with E-state index in [2.05, 4.69) is 5.32 Å². The summed E-state index contributed by atoms with van der Waals surface area (Å²) < 4.78 is 0. The van der Waals surface area contributed by atoms with Gasteiger partial charge in [0, 0.05) is 13.1 Å². The quantitative estimate of drug-likeness (QED) is 0.686. The number of hydrogen-bond donors (Lipinski definition) is 2. The fourth-order valence-corrected chi connectivity index (χ4v) is 1.91. The fraction of sp³-hybridized carbons (Fsp3) is 0.818. The van der Waals surface area contributed by atoms with E-state index in [0.717, 1.165) is 25.9 Å². The molecule has 0 saturated carbocycles. The summed E-state index contributed by atoms with van der Waals surface area (Å²) in [6.07, 6.45) is 3.98. The maximum Gasteiger partial charge on any atom is 0.236 e.